The number of fused-ring (bicyclic) bond motifs is 2. The molecule has 3 fully saturated rings. The minimum absolute atomic E-state index is 0.302. The molecule has 0 spiro atoms. The number of aromatic nitrogens is 1. The highest BCUT2D eigenvalue weighted by molar-refractivity contribution is 7.14. The fraction of sp³-hybridized carbons (Fsp3) is 0.280. The zero-order chi connectivity index (χ0) is 20.7. The standard InChI is InChI=1S/C25H24ClN3S/c1-25(2)19-13-18(12-16-8-10-20(26)11-9-16)23(21(25)14-19)28-29-24-27-22(15-30-24)17-6-4-3-5-7-17/h3-12,15,19,21H,13-14H2,1-2H3,(H,27,29). The summed E-state index contributed by atoms with van der Waals surface area (Å²) in [4.78, 5) is 4.72. The van der Waals surface area contributed by atoms with Crippen LogP contribution in [0, 0.1) is 17.3 Å². The highest BCUT2D eigenvalue weighted by Crippen LogP contribution is 2.59. The summed E-state index contributed by atoms with van der Waals surface area (Å²) in [7, 11) is 0. The van der Waals surface area contributed by atoms with E-state index >= 15 is 0 Å². The number of benzene rings is 2. The third-order valence-corrected chi connectivity index (χ3v) is 7.65. The molecule has 30 heavy (non-hydrogen) atoms. The first kappa shape index (κ1) is 19.5. The molecule has 3 aromatic rings. The lowest BCUT2D eigenvalue weighted by atomic mass is 9.47. The lowest BCUT2D eigenvalue weighted by Crippen LogP contribution is -2.53. The molecule has 0 aliphatic heterocycles. The van der Waals surface area contributed by atoms with Crippen molar-refractivity contribution < 1.29 is 0 Å². The molecule has 1 aromatic heterocycles. The maximum Gasteiger partial charge on any atom is 0.203 e. The van der Waals surface area contributed by atoms with Crippen molar-refractivity contribution in [3.05, 3.63) is 76.1 Å². The SMILES string of the molecule is CC1(C)C2CC(=Cc3ccc(Cl)cc3)C(=NNc3nc(-c4ccccc4)cs3)C1C2. The van der Waals surface area contributed by atoms with E-state index < -0.39 is 0 Å². The topological polar surface area (TPSA) is 37.3 Å². The molecule has 5 heteroatoms. The summed E-state index contributed by atoms with van der Waals surface area (Å²) in [6.45, 7) is 4.74. The molecule has 1 heterocycles. The van der Waals surface area contributed by atoms with Gasteiger partial charge in [0, 0.05) is 21.9 Å². The zero-order valence-electron chi connectivity index (χ0n) is 17.1. The Kier molecular flexibility index (Phi) is 5.00. The molecule has 1 N–H and O–H groups in total. The summed E-state index contributed by atoms with van der Waals surface area (Å²) in [6, 6.07) is 18.3. The van der Waals surface area contributed by atoms with Crippen molar-refractivity contribution in [2.75, 3.05) is 5.43 Å². The second kappa shape index (κ2) is 7.68. The van der Waals surface area contributed by atoms with Crippen LogP contribution < -0.4 is 5.43 Å². The normalized spacial score (nSPS) is 24.6. The first-order chi connectivity index (χ1) is 14.5. The van der Waals surface area contributed by atoms with Gasteiger partial charge in [0.25, 0.3) is 0 Å². The Morgan fingerprint density at radius 2 is 1.90 bits per heavy atom. The molecule has 152 valence electrons. The van der Waals surface area contributed by atoms with E-state index in [1.807, 2.05) is 30.3 Å². The van der Waals surface area contributed by atoms with Crippen molar-refractivity contribution in [1.82, 2.24) is 4.98 Å². The number of hydrogen-bond acceptors (Lipinski definition) is 4. The molecule has 3 aliphatic carbocycles. The third-order valence-electron chi connectivity index (χ3n) is 6.65. The van der Waals surface area contributed by atoms with E-state index in [-0.39, 0.29) is 0 Å². The lowest BCUT2D eigenvalue weighted by Gasteiger charge is -2.57. The Labute approximate surface area is 186 Å². The molecule has 0 amide bonds. The van der Waals surface area contributed by atoms with Crippen LogP contribution in [0.1, 0.15) is 32.3 Å². The van der Waals surface area contributed by atoms with Crippen LogP contribution in [0.3, 0.4) is 0 Å². The third kappa shape index (κ3) is 3.59. The van der Waals surface area contributed by atoms with Crippen molar-refractivity contribution >= 4 is 39.9 Å². The lowest BCUT2D eigenvalue weighted by molar-refractivity contribution is 0.0143. The van der Waals surface area contributed by atoms with Crippen molar-refractivity contribution in [3.8, 4) is 11.3 Å². The van der Waals surface area contributed by atoms with Gasteiger partial charge in [0.05, 0.1) is 11.4 Å². The van der Waals surface area contributed by atoms with Gasteiger partial charge in [-0.15, -0.1) is 11.3 Å². The number of halogens is 1. The van der Waals surface area contributed by atoms with E-state index in [0.29, 0.717) is 11.3 Å². The molecule has 2 unspecified atom stereocenters. The van der Waals surface area contributed by atoms with Gasteiger partial charge >= 0.3 is 0 Å². The summed E-state index contributed by atoms with van der Waals surface area (Å²) in [5, 5.41) is 8.55. The van der Waals surface area contributed by atoms with E-state index in [2.05, 4.69) is 55.0 Å². The van der Waals surface area contributed by atoms with Gasteiger partial charge in [-0.1, -0.05) is 67.9 Å². The molecule has 2 bridgehead atoms. The van der Waals surface area contributed by atoms with Crippen molar-refractivity contribution in [1.29, 1.82) is 0 Å². The Hall–Kier alpha value is -2.43. The van der Waals surface area contributed by atoms with Crippen LogP contribution in [-0.4, -0.2) is 10.7 Å². The quantitative estimate of drug-likeness (QED) is 0.435. The number of nitrogens with zero attached hydrogens (tertiary/aromatic N) is 2. The Bertz CT molecular complexity index is 1110. The fourth-order valence-corrected chi connectivity index (χ4v) is 5.43. The molecule has 6 rings (SSSR count). The van der Waals surface area contributed by atoms with E-state index in [0.717, 1.165) is 33.8 Å². The van der Waals surface area contributed by atoms with Crippen molar-refractivity contribution in [2.45, 2.75) is 26.7 Å². The van der Waals surface area contributed by atoms with Crippen molar-refractivity contribution in [2.24, 2.45) is 22.4 Å². The highest BCUT2D eigenvalue weighted by Gasteiger charge is 2.54. The number of nitrogens with one attached hydrogen (secondary N) is 1. The first-order valence-corrected chi connectivity index (χ1v) is 11.6. The monoisotopic (exact) mass is 433 g/mol. The molecule has 3 nitrogen and oxygen atoms in total. The maximum atomic E-state index is 6.05. The molecule has 2 atom stereocenters. The predicted molar refractivity (Wildman–Crippen MR) is 128 cm³/mol. The molecule has 0 saturated heterocycles. The second-order valence-corrected chi connectivity index (χ2v) is 10.0. The van der Waals surface area contributed by atoms with Gasteiger partial charge in [-0.25, -0.2) is 4.98 Å². The Balaban J connectivity index is 1.43. The van der Waals surface area contributed by atoms with Gasteiger partial charge < -0.3 is 0 Å². The second-order valence-electron chi connectivity index (χ2n) is 8.74. The first-order valence-electron chi connectivity index (χ1n) is 10.3. The minimum Gasteiger partial charge on any atom is -0.252 e. The van der Waals surface area contributed by atoms with Crippen LogP contribution >= 0.6 is 22.9 Å². The van der Waals surface area contributed by atoms with Gasteiger partial charge in [0.15, 0.2) is 0 Å². The van der Waals surface area contributed by atoms with E-state index in [1.165, 1.54) is 23.3 Å². The van der Waals surface area contributed by atoms with Crippen LogP contribution in [0.5, 0.6) is 0 Å². The molecule has 3 saturated carbocycles. The van der Waals surface area contributed by atoms with Crippen LogP contribution in [0.4, 0.5) is 5.13 Å². The van der Waals surface area contributed by atoms with E-state index in [9.17, 15) is 0 Å². The van der Waals surface area contributed by atoms with E-state index in [4.69, 9.17) is 21.7 Å². The Morgan fingerprint density at radius 3 is 2.63 bits per heavy atom. The number of anilines is 1. The van der Waals surface area contributed by atoms with Crippen LogP contribution in [0.25, 0.3) is 17.3 Å². The number of hydrazone groups is 1. The van der Waals surface area contributed by atoms with Gasteiger partial charge in [-0.05, 0) is 53.5 Å². The van der Waals surface area contributed by atoms with E-state index in [1.54, 1.807) is 11.3 Å². The number of thiazole rings is 1. The molecule has 2 aromatic carbocycles. The smallest absolute Gasteiger partial charge is 0.203 e. The summed E-state index contributed by atoms with van der Waals surface area (Å²) in [5.74, 6) is 1.21. The average molecular weight is 434 g/mol. The fourth-order valence-electron chi connectivity index (χ4n) is 4.64. The predicted octanol–water partition coefficient (Wildman–Crippen LogP) is 7.38. The maximum absolute atomic E-state index is 6.05. The van der Waals surface area contributed by atoms with Crippen LogP contribution in [-0.2, 0) is 0 Å². The number of rotatable bonds is 4. The van der Waals surface area contributed by atoms with Gasteiger partial charge in [-0.2, -0.15) is 5.10 Å². The molecule has 3 aliphatic rings. The molecule has 0 radical (unpaired) electrons. The summed E-state index contributed by atoms with van der Waals surface area (Å²) >= 11 is 7.64. The van der Waals surface area contributed by atoms with Crippen LogP contribution in [0.2, 0.25) is 5.02 Å². The van der Waals surface area contributed by atoms with Crippen molar-refractivity contribution in [3.63, 3.8) is 0 Å². The largest absolute Gasteiger partial charge is 0.252 e. The van der Waals surface area contributed by atoms with Crippen LogP contribution in [0.15, 0.2) is 70.7 Å². The summed E-state index contributed by atoms with van der Waals surface area (Å²) < 4.78 is 0. The zero-order valence-corrected chi connectivity index (χ0v) is 18.7. The summed E-state index contributed by atoms with van der Waals surface area (Å²) in [6.07, 6.45) is 4.56. The van der Waals surface area contributed by atoms with Gasteiger partial charge in [0.1, 0.15) is 0 Å². The van der Waals surface area contributed by atoms with Gasteiger partial charge in [-0.3, -0.25) is 5.43 Å². The molecular formula is C25H24ClN3S. The number of allylic oxidation sites excluding steroid dienone is 1. The minimum atomic E-state index is 0.302. The Morgan fingerprint density at radius 1 is 1.13 bits per heavy atom. The summed E-state index contributed by atoms with van der Waals surface area (Å²) in [5.41, 5.74) is 9.33. The highest BCUT2D eigenvalue weighted by atomic mass is 35.5. The number of hydrogen-bond donors (Lipinski definition) is 1. The van der Waals surface area contributed by atoms with Gasteiger partial charge in [0.2, 0.25) is 5.13 Å². The average Bonchev–Trinajstić information content (AvgIpc) is 3.24. The molecular weight excluding hydrogens is 410 g/mol.